The van der Waals surface area contributed by atoms with Crippen LogP contribution >= 0.6 is 0 Å². The first kappa shape index (κ1) is 25.7. The zero-order valence-electron chi connectivity index (χ0n) is 18.1. The van der Waals surface area contributed by atoms with E-state index in [1.807, 2.05) is 13.8 Å². The molecule has 0 spiro atoms. The molecule has 0 aliphatic carbocycles. The van der Waals surface area contributed by atoms with Gasteiger partial charge in [0.05, 0.1) is 0 Å². The highest BCUT2D eigenvalue weighted by atomic mass is 16.2. The van der Waals surface area contributed by atoms with Gasteiger partial charge in [0.15, 0.2) is 0 Å². The molecular weight excluding hydrogens is 336 g/mol. The molecule has 3 N–H and O–H groups in total. The van der Waals surface area contributed by atoms with Gasteiger partial charge >= 0.3 is 0 Å². The molecule has 0 aliphatic heterocycles. The van der Waals surface area contributed by atoms with E-state index < -0.39 is 11.9 Å². The van der Waals surface area contributed by atoms with E-state index >= 15 is 0 Å². The van der Waals surface area contributed by atoms with E-state index in [0.29, 0.717) is 6.42 Å². The summed E-state index contributed by atoms with van der Waals surface area (Å²) < 4.78 is 0. The van der Waals surface area contributed by atoms with Crippen LogP contribution in [0.2, 0.25) is 0 Å². The van der Waals surface area contributed by atoms with Gasteiger partial charge in [0.2, 0.25) is 11.8 Å². The fraction of sp³-hybridized carbons (Fsp3) is 0.826. The van der Waals surface area contributed by atoms with Crippen LogP contribution in [0.25, 0.3) is 0 Å². The van der Waals surface area contributed by atoms with Crippen LogP contribution in [0.15, 0.2) is 12.2 Å². The number of primary amides is 1. The number of nitrogens with two attached hydrogens (primary N) is 1. The van der Waals surface area contributed by atoms with E-state index in [9.17, 15) is 9.59 Å². The van der Waals surface area contributed by atoms with E-state index in [1.54, 1.807) is 0 Å². The molecule has 4 nitrogen and oxygen atoms in total. The zero-order valence-corrected chi connectivity index (χ0v) is 18.1. The topological polar surface area (TPSA) is 72.2 Å². The number of nitrogens with one attached hydrogen (secondary N) is 1. The predicted octanol–water partition coefficient (Wildman–Crippen LogP) is 5.65. The molecule has 0 heterocycles. The fourth-order valence-corrected chi connectivity index (χ4v) is 3.17. The lowest BCUT2D eigenvalue weighted by molar-refractivity contribution is -0.128. The highest BCUT2D eigenvalue weighted by molar-refractivity contribution is 5.86. The van der Waals surface area contributed by atoms with Crippen molar-refractivity contribution in [1.82, 2.24) is 5.32 Å². The Morgan fingerprint density at radius 1 is 0.815 bits per heavy atom. The molecule has 4 heteroatoms. The summed E-state index contributed by atoms with van der Waals surface area (Å²) in [6.45, 7) is 6.03. The molecule has 0 radical (unpaired) electrons. The van der Waals surface area contributed by atoms with Gasteiger partial charge in [0.1, 0.15) is 6.04 Å². The predicted molar refractivity (Wildman–Crippen MR) is 115 cm³/mol. The van der Waals surface area contributed by atoms with Crippen molar-refractivity contribution < 1.29 is 9.59 Å². The summed E-state index contributed by atoms with van der Waals surface area (Å²) in [5.74, 6) is -0.492. The number of carbonyl (C=O) groups excluding carboxylic acids is 2. The lowest BCUT2D eigenvalue weighted by Crippen LogP contribution is -2.47. The fourth-order valence-electron chi connectivity index (χ4n) is 3.17. The van der Waals surface area contributed by atoms with Gasteiger partial charge in [-0.15, -0.1) is 0 Å². The number of unbranched alkanes of at least 4 members (excludes halogenated alkanes) is 11. The lowest BCUT2D eigenvalue weighted by atomic mass is 10.0. The standard InChI is InChI=1S/C23H44N2O2/c1-4-5-6-7-8-9-10-11-12-13-14-15-16-17-18-19-21(26)25-22(20(2)3)23(24)27/h11-12,20,22H,4-10,13-19H2,1-3H3,(H2,24,27)(H,25,26)/b12-11-. The average Bonchev–Trinajstić information content (AvgIpc) is 2.62. The van der Waals surface area contributed by atoms with Gasteiger partial charge in [0, 0.05) is 6.42 Å². The van der Waals surface area contributed by atoms with Crippen molar-refractivity contribution in [2.75, 3.05) is 0 Å². The molecule has 0 aromatic carbocycles. The number of carbonyl (C=O) groups is 2. The van der Waals surface area contributed by atoms with Gasteiger partial charge in [0.25, 0.3) is 0 Å². The first-order valence-electron chi connectivity index (χ1n) is 11.2. The van der Waals surface area contributed by atoms with Gasteiger partial charge in [-0.1, -0.05) is 84.3 Å². The van der Waals surface area contributed by atoms with Crippen LogP contribution in [0.1, 0.15) is 111 Å². The van der Waals surface area contributed by atoms with Crippen LogP contribution in [0, 0.1) is 5.92 Å². The van der Waals surface area contributed by atoms with Crippen molar-refractivity contribution in [1.29, 1.82) is 0 Å². The van der Waals surface area contributed by atoms with Gasteiger partial charge < -0.3 is 11.1 Å². The van der Waals surface area contributed by atoms with E-state index in [0.717, 1.165) is 12.8 Å². The van der Waals surface area contributed by atoms with Crippen molar-refractivity contribution in [3.8, 4) is 0 Å². The number of hydrogen-bond acceptors (Lipinski definition) is 2. The summed E-state index contributed by atoms with van der Waals surface area (Å²) in [5.41, 5.74) is 5.31. The Morgan fingerprint density at radius 2 is 1.30 bits per heavy atom. The van der Waals surface area contributed by atoms with E-state index in [-0.39, 0.29) is 11.8 Å². The second kappa shape index (κ2) is 18.1. The summed E-state index contributed by atoms with van der Waals surface area (Å²) >= 11 is 0. The average molecular weight is 381 g/mol. The molecule has 0 aromatic heterocycles. The van der Waals surface area contributed by atoms with Crippen LogP contribution in [0.3, 0.4) is 0 Å². The van der Waals surface area contributed by atoms with Crippen molar-refractivity contribution >= 4 is 11.8 Å². The number of amides is 2. The summed E-state index contributed by atoms with van der Waals surface area (Å²) in [6, 6.07) is -0.555. The molecule has 0 bridgehead atoms. The minimum absolute atomic E-state index is 0.0283. The molecule has 0 saturated heterocycles. The molecule has 2 amide bonds. The molecule has 0 rings (SSSR count). The Balaban J connectivity index is 3.45. The van der Waals surface area contributed by atoms with Crippen molar-refractivity contribution in [3.05, 3.63) is 12.2 Å². The first-order chi connectivity index (χ1) is 13.0. The maximum atomic E-state index is 11.9. The summed E-state index contributed by atoms with van der Waals surface area (Å²) in [7, 11) is 0. The highest BCUT2D eigenvalue weighted by Crippen LogP contribution is 2.10. The lowest BCUT2D eigenvalue weighted by Gasteiger charge is -2.18. The molecule has 0 aromatic rings. The summed E-state index contributed by atoms with van der Waals surface area (Å²) in [5, 5.41) is 2.74. The minimum Gasteiger partial charge on any atom is -0.368 e. The van der Waals surface area contributed by atoms with Crippen LogP contribution in [-0.4, -0.2) is 17.9 Å². The largest absolute Gasteiger partial charge is 0.368 e. The van der Waals surface area contributed by atoms with Crippen LogP contribution in [0.4, 0.5) is 0 Å². The first-order valence-corrected chi connectivity index (χ1v) is 11.2. The summed E-state index contributed by atoms with van der Waals surface area (Å²) in [6.07, 6.45) is 21.3. The maximum Gasteiger partial charge on any atom is 0.240 e. The van der Waals surface area contributed by atoms with E-state index in [4.69, 9.17) is 5.73 Å². The smallest absolute Gasteiger partial charge is 0.240 e. The van der Waals surface area contributed by atoms with Crippen LogP contribution < -0.4 is 11.1 Å². The summed E-state index contributed by atoms with van der Waals surface area (Å²) in [4.78, 5) is 23.2. The number of hydrogen-bond donors (Lipinski definition) is 2. The number of allylic oxidation sites excluding steroid dienone is 2. The molecule has 1 unspecified atom stereocenters. The molecular formula is C23H44N2O2. The Kier molecular flexibility index (Phi) is 17.2. The van der Waals surface area contributed by atoms with Gasteiger partial charge in [-0.25, -0.2) is 0 Å². The Hall–Kier alpha value is -1.32. The van der Waals surface area contributed by atoms with Crippen molar-refractivity contribution in [2.45, 2.75) is 117 Å². The molecule has 27 heavy (non-hydrogen) atoms. The second-order valence-corrected chi connectivity index (χ2v) is 8.03. The van der Waals surface area contributed by atoms with Crippen LogP contribution in [0.5, 0.6) is 0 Å². The normalized spacial score (nSPS) is 12.6. The maximum absolute atomic E-state index is 11.9. The van der Waals surface area contributed by atoms with Gasteiger partial charge in [-0.2, -0.15) is 0 Å². The monoisotopic (exact) mass is 380 g/mol. The van der Waals surface area contributed by atoms with E-state index in [1.165, 1.54) is 70.6 Å². The van der Waals surface area contributed by atoms with Crippen LogP contribution in [-0.2, 0) is 9.59 Å². The Bertz CT molecular complexity index is 405. The third-order valence-electron chi connectivity index (χ3n) is 4.96. The van der Waals surface area contributed by atoms with Gasteiger partial charge in [-0.3, -0.25) is 9.59 Å². The van der Waals surface area contributed by atoms with Gasteiger partial charge in [-0.05, 0) is 38.0 Å². The van der Waals surface area contributed by atoms with E-state index in [2.05, 4.69) is 24.4 Å². The zero-order chi connectivity index (χ0) is 20.3. The molecule has 0 fully saturated rings. The molecule has 0 aliphatic rings. The second-order valence-electron chi connectivity index (χ2n) is 8.03. The quantitative estimate of drug-likeness (QED) is 0.238. The molecule has 1 atom stereocenters. The van der Waals surface area contributed by atoms with Crippen molar-refractivity contribution in [3.63, 3.8) is 0 Å². The number of rotatable bonds is 18. The SMILES string of the molecule is CCCCCCCC/C=C\CCCCCCCC(=O)NC(C(N)=O)C(C)C. The third-order valence-corrected chi connectivity index (χ3v) is 4.96. The third kappa shape index (κ3) is 16.6. The van der Waals surface area contributed by atoms with Crippen molar-refractivity contribution in [2.24, 2.45) is 11.7 Å². The molecule has 158 valence electrons. The Morgan fingerprint density at radius 3 is 1.78 bits per heavy atom. The highest BCUT2D eigenvalue weighted by Gasteiger charge is 2.20. The molecule has 0 saturated carbocycles. The Labute approximate surface area is 167 Å². The minimum atomic E-state index is -0.555.